The van der Waals surface area contributed by atoms with Crippen molar-refractivity contribution in [2.24, 2.45) is 0 Å². The molecule has 0 aliphatic rings. The van der Waals surface area contributed by atoms with Crippen molar-refractivity contribution in [3.63, 3.8) is 0 Å². The number of carbonyl (C=O) groups is 1. The number of nitrogens with zero attached hydrogens (tertiary/aromatic N) is 1. The van der Waals surface area contributed by atoms with Gasteiger partial charge in [0.1, 0.15) is 17.0 Å². The first-order chi connectivity index (χ1) is 12.3. The van der Waals surface area contributed by atoms with Crippen molar-refractivity contribution in [2.45, 2.75) is 6.42 Å². The summed E-state index contributed by atoms with van der Waals surface area (Å²) >= 11 is 0. The van der Waals surface area contributed by atoms with E-state index in [4.69, 9.17) is 9.47 Å². The Bertz CT molecular complexity index is 842. The van der Waals surface area contributed by atoms with Crippen LogP contribution in [0.25, 0.3) is 10.9 Å². The highest BCUT2D eigenvalue weighted by atomic mass is 16.5. The van der Waals surface area contributed by atoms with Gasteiger partial charge in [-0.25, -0.2) is 0 Å². The van der Waals surface area contributed by atoms with Gasteiger partial charge in [-0.1, -0.05) is 18.2 Å². The number of hydrogen-bond acceptors (Lipinski definition) is 4. The highest BCUT2D eigenvalue weighted by Crippen LogP contribution is 2.22. The molecular formula is C20H20N2O3. The number of para-hydroxylation sites is 1. The Morgan fingerprint density at radius 2 is 1.88 bits per heavy atom. The highest BCUT2D eigenvalue weighted by Gasteiger charge is 2.05. The predicted molar refractivity (Wildman–Crippen MR) is 97.2 cm³/mol. The number of aromatic nitrogens is 1. The minimum Gasteiger partial charge on any atom is -0.497 e. The number of rotatable bonds is 7. The fourth-order valence-electron chi connectivity index (χ4n) is 2.49. The number of nitrogens with one attached hydrogen (secondary N) is 1. The molecule has 3 aromatic rings. The summed E-state index contributed by atoms with van der Waals surface area (Å²) in [6.45, 7) is 1.06. The van der Waals surface area contributed by atoms with Gasteiger partial charge in [0.05, 0.1) is 13.7 Å². The molecule has 0 fully saturated rings. The van der Waals surface area contributed by atoms with Gasteiger partial charge in [0.15, 0.2) is 0 Å². The zero-order chi connectivity index (χ0) is 17.5. The molecule has 128 valence electrons. The van der Waals surface area contributed by atoms with Crippen LogP contribution in [0.3, 0.4) is 0 Å². The third-order valence-electron chi connectivity index (χ3n) is 3.81. The van der Waals surface area contributed by atoms with Crippen LogP contribution in [-0.2, 0) is 0 Å². The molecule has 0 spiro atoms. The Kier molecular flexibility index (Phi) is 5.46. The molecule has 5 nitrogen and oxygen atoms in total. The number of ether oxygens (including phenoxy) is 2. The van der Waals surface area contributed by atoms with E-state index in [-0.39, 0.29) is 5.91 Å². The molecule has 0 bridgehead atoms. The Morgan fingerprint density at radius 1 is 1.08 bits per heavy atom. The SMILES string of the molecule is COc1ccc(C(=O)NCCCOc2cccc3cccnc23)cc1. The van der Waals surface area contributed by atoms with E-state index in [1.807, 2.05) is 30.3 Å². The first kappa shape index (κ1) is 16.8. The lowest BCUT2D eigenvalue weighted by molar-refractivity contribution is 0.0951. The maximum Gasteiger partial charge on any atom is 0.251 e. The van der Waals surface area contributed by atoms with E-state index in [0.717, 1.165) is 22.4 Å². The summed E-state index contributed by atoms with van der Waals surface area (Å²) in [5.41, 5.74) is 1.47. The molecule has 1 heterocycles. The molecule has 0 saturated carbocycles. The van der Waals surface area contributed by atoms with Crippen molar-refractivity contribution in [1.82, 2.24) is 10.3 Å². The fraction of sp³-hybridized carbons (Fsp3) is 0.200. The molecule has 0 saturated heterocycles. The molecule has 0 aliphatic carbocycles. The lowest BCUT2D eigenvalue weighted by Gasteiger charge is -2.09. The van der Waals surface area contributed by atoms with E-state index in [9.17, 15) is 4.79 Å². The molecule has 0 unspecified atom stereocenters. The van der Waals surface area contributed by atoms with Gasteiger partial charge in [-0.2, -0.15) is 0 Å². The van der Waals surface area contributed by atoms with Gasteiger partial charge in [-0.05, 0) is 42.8 Å². The minimum atomic E-state index is -0.102. The summed E-state index contributed by atoms with van der Waals surface area (Å²) in [5, 5.41) is 3.93. The highest BCUT2D eigenvalue weighted by molar-refractivity contribution is 5.94. The smallest absolute Gasteiger partial charge is 0.251 e. The van der Waals surface area contributed by atoms with Crippen LogP contribution in [0.5, 0.6) is 11.5 Å². The zero-order valence-corrected chi connectivity index (χ0v) is 14.1. The van der Waals surface area contributed by atoms with Crippen LogP contribution in [0.15, 0.2) is 60.8 Å². The maximum atomic E-state index is 12.0. The average molecular weight is 336 g/mol. The number of benzene rings is 2. The van der Waals surface area contributed by atoms with Crippen molar-refractivity contribution < 1.29 is 14.3 Å². The number of fused-ring (bicyclic) bond motifs is 1. The van der Waals surface area contributed by atoms with Gasteiger partial charge in [0.2, 0.25) is 0 Å². The van der Waals surface area contributed by atoms with Crippen LogP contribution in [-0.4, -0.2) is 31.2 Å². The van der Waals surface area contributed by atoms with Crippen molar-refractivity contribution in [1.29, 1.82) is 0 Å². The monoisotopic (exact) mass is 336 g/mol. The number of carbonyl (C=O) groups excluding carboxylic acids is 1. The number of amides is 1. The Hall–Kier alpha value is -3.08. The van der Waals surface area contributed by atoms with E-state index < -0.39 is 0 Å². The van der Waals surface area contributed by atoms with Crippen LogP contribution >= 0.6 is 0 Å². The van der Waals surface area contributed by atoms with Gasteiger partial charge in [-0.15, -0.1) is 0 Å². The largest absolute Gasteiger partial charge is 0.497 e. The molecule has 1 aromatic heterocycles. The second-order valence-electron chi connectivity index (χ2n) is 5.52. The molecule has 5 heteroatoms. The Labute approximate surface area is 146 Å². The lowest BCUT2D eigenvalue weighted by atomic mass is 10.2. The van der Waals surface area contributed by atoms with Crippen LogP contribution < -0.4 is 14.8 Å². The molecule has 0 atom stereocenters. The minimum absolute atomic E-state index is 0.102. The molecular weight excluding hydrogens is 316 g/mol. The third-order valence-corrected chi connectivity index (χ3v) is 3.81. The zero-order valence-electron chi connectivity index (χ0n) is 14.1. The van der Waals surface area contributed by atoms with E-state index in [1.165, 1.54) is 0 Å². The molecule has 0 radical (unpaired) electrons. The topological polar surface area (TPSA) is 60.5 Å². The molecule has 2 aromatic carbocycles. The van der Waals surface area contributed by atoms with Crippen LogP contribution in [0.4, 0.5) is 0 Å². The summed E-state index contributed by atoms with van der Waals surface area (Å²) in [6.07, 6.45) is 2.47. The third kappa shape index (κ3) is 4.26. The van der Waals surface area contributed by atoms with Crippen LogP contribution in [0.1, 0.15) is 16.8 Å². The van der Waals surface area contributed by atoms with E-state index >= 15 is 0 Å². The first-order valence-electron chi connectivity index (χ1n) is 8.17. The lowest BCUT2D eigenvalue weighted by Crippen LogP contribution is -2.25. The molecule has 1 amide bonds. The van der Waals surface area contributed by atoms with Gasteiger partial charge < -0.3 is 14.8 Å². The van der Waals surface area contributed by atoms with Crippen molar-refractivity contribution in [3.8, 4) is 11.5 Å². The summed E-state index contributed by atoms with van der Waals surface area (Å²) in [7, 11) is 1.60. The summed E-state index contributed by atoms with van der Waals surface area (Å²) in [4.78, 5) is 16.4. The molecule has 0 aliphatic heterocycles. The summed E-state index contributed by atoms with van der Waals surface area (Å²) < 4.78 is 10.9. The standard InChI is InChI=1S/C20H20N2O3/c1-24-17-10-8-16(9-11-17)20(23)22-13-4-14-25-18-7-2-5-15-6-3-12-21-19(15)18/h2-3,5-12H,4,13-14H2,1H3,(H,22,23). The average Bonchev–Trinajstić information content (AvgIpc) is 2.67. The predicted octanol–water partition coefficient (Wildman–Crippen LogP) is 3.44. The normalized spacial score (nSPS) is 10.4. The Morgan fingerprint density at radius 3 is 2.68 bits per heavy atom. The number of methoxy groups -OCH3 is 1. The van der Waals surface area contributed by atoms with Crippen molar-refractivity contribution >= 4 is 16.8 Å². The van der Waals surface area contributed by atoms with E-state index in [1.54, 1.807) is 37.6 Å². The summed E-state index contributed by atoms with van der Waals surface area (Å²) in [5.74, 6) is 1.39. The fourth-order valence-corrected chi connectivity index (χ4v) is 2.49. The molecule has 25 heavy (non-hydrogen) atoms. The van der Waals surface area contributed by atoms with E-state index in [0.29, 0.717) is 25.1 Å². The maximum absolute atomic E-state index is 12.0. The molecule has 3 rings (SSSR count). The van der Waals surface area contributed by atoms with Crippen LogP contribution in [0, 0.1) is 0 Å². The number of hydrogen-bond donors (Lipinski definition) is 1. The number of pyridine rings is 1. The second-order valence-corrected chi connectivity index (χ2v) is 5.52. The van der Waals surface area contributed by atoms with Crippen molar-refractivity contribution in [3.05, 3.63) is 66.4 Å². The van der Waals surface area contributed by atoms with Gasteiger partial charge in [0, 0.05) is 23.7 Å². The Balaban J connectivity index is 1.46. The second kappa shape index (κ2) is 8.15. The quantitative estimate of drug-likeness (QED) is 0.672. The van der Waals surface area contributed by atoms with Gasteiger partial charge >= 0.3 is 0 Å². The van der Waals surface area contributed by atoms with E-state index in [2.05, 4.69) is 10.3 Å². The summed E-state index contributed by atoms with van der Waals surface area (Å²) in [6, 6.07) is 16.8. The van der Waals surface area contributed by atoms with Gasteiger partial charge in [0.25, 0.3) is 5.91 Å². The molecule has 1 N–H and O–H groups in total. The first-order valence-corrected chi connectivity index (χ1v) is 8.17. The van der Waals surface area contributed by atoms with Crippen LogP contribution in [0.2, 0.25) is 0 Å². The van der Waals surface area contributed by atoms with Crippen molar-refractivity contribution in [2.75, 3.05) is 20.3 Å². The van der Waals surface area contributed by atoms with Gasteiger partial charge in [-0.3, -0.25) is 9.78 Å².